The molecule has 1 aromatic rings. The van der Waals surface area contributed by atoms with Crippen molar-refractivity contribution in [3.05, 3.63) is 47.7 Å². The number of hydrogen-bond donors (Lipinski definition) is 0. The van der Waals surface area contributed by atoms with Crippen molar-refractivity contribution in [2.45, 2.75) is 19.4 Å². The van der Waals surface area contributed by atoms with Crippen LogP contribution in [-0.2, 0) is 9.59 Å². The van der Waals surface area contributed by atoms with E-state index < -0.39 is 0 Å². The molecule has 0 spiro atoms. The van der Waals surface area contributed by atoms with Gasteiger partial charge in [0.05, 0.1) is 6.04 Å². The van der Waals surface area contributed by atoms with Gasteiger partial charge in [-0.05, 0) is 12.5 Å². The largest absolute Gasteiger partial charge is 0.295 e. The number of amides is 1. The molecular weight excluding hydrogens is 228 g/mol. The number of hydrazine groups is 1. The summed E-state index contributed by atoms with van der Waals surface area (Å²) in [7, 11) is 0. The highest BCUT2D eigenvalue weighted by Crippen LogP contribution is 2.39. The molecule has 0 N–H and O–H groups in total. The number of ketones is 1. The maximum atomic E-state index is 11.7. The van der Waals surface area contributed by atoms with Crippen molar-refractivity contribution in [2.75, 3.05) is 6.54 Å². The van der Waals surface area contributed by atoms with E-state index in [-0.39, 0.29) is 17.7 Å². The van der Waals surface area contributed by atoms with Crippen LogP contribution < -0.4 is 0 Å². The van der Waals surface area contributed by atoms with E-state index in [1.54, 1.807) is 18.1 Å². The Kier molecular flexibility index (Phi) is 2.52. The second-order valence-corrected chi connectivity index (χ2v) is 4.61. The molecule has 0 aromatic heterocycles. The molecule has 0 radical (unpaired) electrons. The van der Waals surface area contributed by atoms with Crippen LogP contribution in [0, 0.1) is 0 Å². The van der Waals surface area contributed by atoms with Crippen LogP contribution in [0.2, 0.25) is 0 Å². The Morgan fingerprint density at radius 3 is 2.67 bits per heavy atom. The van der Waals surface area contributed by atoms with Crippen LogP contribution >= 0.6 is 0 Å². The summed E-state index contributed by atoms with van der Waals surface area (Å²) in [5.74, 6) is 0.0817. The standard InChI is InChI=1S/C14H14N2O2/c1-10(17)12-9-16-13(18)7-8-15(16)14(12)11-5-3-2-4-6-11/h2-6,9,14H,7-8H2,1H3. The van der Waals surface area contributed by atoms with Gasteiger partial charge in [0.1, 0.15) is 0 Å². The number of Topliss-reactive ketones (excluding diaryl/α,β-unsaturated/α-hetero) is 1. The molecule has 0 saturated carbocycles. The van der Waals surface area contributed by atoms with Crippen molar-refractivity contribution in [2.24, 2.45) is 0 Å². The molecule has 3 rings (SSSR count). The molecule has 0 aliphatic carbocycles. The molecule has 4 nitrogen and oxygen atoms in total. The summed E-state index contributed by atoms with van der Waals surface area (Å²) >= 11 is 0. The molecule has 18 heavy (non-hydrogen) atoms. The van der Waals surface area contributed by atoms with Crippen molar-refractivity contribution >= 4 is 11.7 Å². The Bertz CT molecular complexity index is 536. The first-order valence-corrected chi connectivity index (χ1v) is 6.04. The van der Waals surface area contributed by atoms with Crippen molar-refractivity contribution in [3.8, 4) is 0 Å². The average molecular weight is 242 g/mol. The summed E-state index contributed by atoms with van der Waals surface area (Å²) in [6.45, 7) is 2.22. The number of nitrogens with zero attached hydrogens (tertiary/aromatic N) is 2. The lowest BCUT2D eigenvalue weighted by Crippen LogP contribution is -2.33. The summed E-state index contributed by atoms with van der Waals surface area (Å²) in [4.78, 5) is 23.5. The Hall–Kier alpha value is -1.94. The highest BCUT2D eigenvalue weighted by molar-refractivity contribution is 5.96. The Balaban J connectivity index is 2.04. The third-order valence-corrected chi connectivity index (χ3v) is 3.46. The van der Waals surface area contributed by atoms with Gasteiger partial charge < -0.3 is 0 Å². The third kappa shape index (κ3) is 1.57. The highest BCUT2D eigenvalue weighted by Gasteiger charge is 2.42. The zero-order valence-corrected chi connectivity index (χ0v) is 10.2. The quantitative estimate of drug-likeness (QED) is 0.792. The topological polar surface area (TPSA) is 40.6 Å². The molecule has 2 aliphatic heterocycles. The van der Waals surface area contributed by atoms with E-state index in [1.807, 2.05) is 35.3 Å². The van der Waals surface area contributed by atoms with Gasteiger partial charge in [-0.3, -0.25) is 9.59 Å². The molecule has 2 heterocycles. The number of rotatable bonds is 2. The lowest BCUT2D eigenvalue weighted by atomic mass is 9.97. The molecular formula is C14H14N2O2. The van der Waals surface area contributed by atoms with Gasteiger partial charge in [-0.15, -0.1) is 0 Å². The van der Waals surface area contributed by atoms with E-state index in [0.717, 1.165) is 5.56 Å². The van der Waals surface area contributed by atoms with E-state index >= 15 is 0 Å². The van der Waals surface area contributed by atoms with Crippen LogP contribution in [0.1, 0.15) is 24.9 Å². The van der Waals surface area contributed by atoms with Crippen LogP contribution in [0.15, 0.2) is 42.1 Å². The molecule has 0 bridgehead atoms. The summed E-state index contributed by atoms with van der Waals surface area (Å²) in [5, 5.41) is 3.56. The normalized spacial score (nSPS) is 23.2. The van der Waals surface area contributed by atoms with Gasteiger partial charge in [-0.25, -0.2) is 10.0 Å². The van der Waals surface area contributed by atoms with Gasteiger partial charge in [0.15, 0.2) is 5.78 Å². The van der Waals surface area contributed by atoms with Crippen molar-refractivity contribution in [1.29, 1.82) is 0 Å². The van der Waals surface area contributed by atoms with Crippen LogP contribution in [0.4, 0.5) is 0 Å². The maximum absolute atomic E-state index is 11.7. The first-order valence-electron chi connectivity index (χ1n) is 6.04. The van der Waals surface area contributed by atoms with Crippen molar-refractivity contribution in [1.82, 2.24) is 10.0 Å². The maximum Gasteiger partial charge on any atom is 0.242 e. The molecule has 4 heteroatoms. The minimum Gasteiger partial charge on any atom is -0.295 e. The van der Waals surface area contributed by atoms with Crippen LogP contribution in [0.25, 0.3) is 0 Å². The molecule has 1 atom stereocenters. The Labute approximate surface area is 105 Å². The summed E-state index contributed by atoms with van der Waals surface area (Å²) in [5.41, 5.74) is 1.74. The van der Waals surface area contributed by atoms with Crippen molar-refractivity contribution in [3.63, 3.8) is 0 Å². The number of benzene rings is 1. The van der Waals surface area contributed by atoms with Crippen molar-refractivity contribution < 1.29 is 9.59 Å². The second-order valence-electron chi connectivity index (χ2n) is 4.61. The third-order valence-electron chi connectivity index (χ3n) is 3.46. The predicted octanol–water partition coefficient (Wildman–Crippen LogP) is 1.66. The predicted molar refractivity (Wildman–Crippen MR) is 66.1 cm³/mol. The Morgan fingerprint density at radius 2 is 2.00 bits per heavy atom. The molecule has 92 valence electrons. The molecule has 1 fully saturated rings. The Morgan fingerprint density at radius 1 is 1.28 bits per heavy atom. The van der Waals surface area contributed by atoms with Gasteiger partial charge in [0.25, 0.3) is 0 Å². The zero-order valence-electron chi connectivity index (χ0n) is 10.2. The SMILES string of the molecule is CC(=O)C1=CN2C(=O)CCN2C1c1ccccc1. The first-order chi connectivity index (χ1) is 8.68. The van der Waals surface area contributed by atoms with Gasteiger partial charge in [0.2, 0.25) is 5.91 Å². The van der Waals surface area contributed by atoms with Crippen LogP contribution in [0.3, 0.4) is 0 Å². The van der Waals surface area contributed by atoms with Crippen LogP contribution in [0.5, 0.6) is 0 Å². The van der Waals surface area contributed by atoms with E-state index in [9.17, 15) is 9.59 Å². The van der Waals surface area contributed by atoms with Gasteiger partial charge in [0, 0.05) is 24.7 Å². The van der Waals surface area contributed by atoms with E-state index in [1.165, 1.54) is 0 Å². The van der Waals surface area contributed by atoms with E-state index in [4.69, 9.17) is 0 Å². The molecule has 2 aliphatic rings. The van der Waals surface area contributed by atoms with Crippen LogP contribution in [-0.4, -0.2) is 28.3 Å². The zero-order chi connectivity index (χ0) is 12.7. The van der Waals surface area contributed by atoms with E-state index in [2.05, 4.69) is 0 Å². The molecule has 1 amide bonds. The monoisotopic (exact) mass is 242 g/mol. The number of carbonyl (C=O) groups excluding carboxylic acids is 2. The lowest BCUT2D eigenvalue weighted by molar-refractivity contribution is -0.132. The summed E-state index contributed by atoms with van der Waals surface area (Å²) in [6.07, 6.45) is 2.21. The lowest BCUT2D eigenvalue weighted by Gasteiger charge is -2.26. The average Bonchev–Trinajstić information content (AvgIpc) is 2.91. The van der Waals surface area contributed by atoms with Gasteiger partial charge in [-0.2, -0.15) is 0 Å². The fourth-order valence-corrected chi connectivity index (χ4v) is 2.61. The van der Waals surface area contributed by atoms with Gasteiger partial charge >= 0.3 is 0 Å². The number of hydrogen-bond acceptors (Lipinski definition) is 3. The smallest absolute Gasteiger partial charge is 0.242 e. The second kappa shape index (κ2) is 4.07. The molecule has 1 saturated heterocycles. The van der Waals surface area contributed by atoms with Gasteiger partial charge in [-0.1, -0.05) is 30.3 Å². The number of fused-ring (bicyclic) bond motifs is 1. The molecule has 1 unspecified atom stereocenters. The number of carbonyl (C=O) groups is 2. The molecule has 1 aromatic carbocycles. The first kappa shape index (κ1) is 11.2. The summed E-state index contributed by atoms with van der Waals surface area (Å²) < 4.78 is 0. The fraction of sp³-hybridized carbons (Fsp3) is 0.286. The summed E-state index contributed by atoms with van der Waals surface area (Å²) in [6, 6.07) is 9.72. The minimum atomic E-state index is -0.116. The minimum absolute atomic E-state index is 0.0195. The fourth-order valence-electron chi connectivity index (χ4n) is 2.61. The van der Waals surface area contributed by atoms with E-state index in [0.29, 0.717) is 18.5 Å². The highest BCUT2D eigenvalue weighted by atomic mass is 16.2.